The fourth-order valence-corrected chi connectivity index (χ4v) is 4.83. The molecule has 0 radical (unpaired) electrons. The molecule has 1 N–H and O–H groups in total. The zero-order valence-corrected chi connectivity index (χ0v) is 18.9. The highest BCUT2D eigenvalue weighted by Gasteiger charge is 2.18. The summed E-state index contributed by atoms with van der Waals surface area (Å²) in [4.78, 5) is 22.8. The van der Waals surface area contributed by atoms with E-state index in [1.807, 2.05) is 19.1 Å². The molecule has 4 rings (SSSR count). The third-order valence-corrected chi connectivity index (χ3v) is 6.77. The number of anilines is 2. The van der Waals surface area contributed by atoms with Gasteiger partial charge in [-0.2, -0.15) is 0 Å². The van der Waals surface area contributed by atoms with Gasteiger partial charge in [0.1, 0.15) is 10.7 Å². The molecule has 0 unspecified atom stereocenters. The van der Waals surface area contributed by atoms with E-state index in [1.165, 1.54) is 29.2 Å². The Morgan fingerprint density at radius 2 is 1.81 bits per heavy atom. The molecular weight excluding hydrogens is 411 g/mol. The summed E-state index contributed by atoms with van der Waals surface area (Å²) in [6.07, 6.45) is 0.581. The number of nitrogens with one attached hydrogen (secondary N) is 1. The highest BCUT2D eigenvalue weighted by molar-refractivity contribution is 7.14. The Hall–Kier alpha value is -2.77. The smallest absolute Gasteiger partial charge is 0.267 e. The first kappa shape index (κ1) is 21.5. The van der Waals surface area contributed by atoms with Gasteiger partial charge in [0.05, 0.1) is 10.7 Å². The second kappa shape index (κ2) is 9.16. The van der Waals surface area contributed by atoms with E-state index in [1.54, 1.807) is 12.1 Å². The monoisotopic (exact) mass is 438 g/mol. The Labute approximate surface area is 186 Å². The average Bonchev–Trinajstić information content (AvgIpc) is 3.11. The number of carbonyl (C=O) groups excluding carboxylic acids is 1. The molecule has 31 heavy (non-hydrogen) atoms. The maximum atomic E-state index is 13.1. The molecule has 0 saturated carbocycles. The number of benzene rings is 2. The summed E-state index contributed by atoms with van der Waals surface area (Å²) in [6, 6.07) is 12.5. The van der Waals surface area contributed by atoms with Crippen LogP contribution in [0.15, 0.2) is 42.5 Å². The highest BCUT2D eigenvalue weighted by Crippen LogP contribution is 2.26. The third kappa shape index (κ3) is 5.11. The average molecular weight is 439 g/mol. The number of nitrogens with zero attached hydrogens (tertiary/aromatic N) is 3. The predicted octanol–water partition coefficient (Wildman–Crippen LogP) is 4.49. The number of halogens is 1. The molecule has 162 valence electrons. The number of amides is 1. The van der Waals surface area contributed by atoms with Crippen LogP contribution in [-0.4, -0.2) is 49.0 Å². The van der Waals surface area contributed by atoms with Gasteiger partial charge in [-0.3, -0.25) is 4.79 Å². The topological polar surface area (TPSA) is 48.5 Å². The molecule has 7 heteroatoms. The van der Waals surface area contributed by atoms with E-state index in [-0.39, 0.29) is 11.7 Å². The van der Waals surface area contributed by atoms with Crippen molar-refractivity contribution in [1.82, 2.24) is 9.88 Å². The number of hydrogen-bond donors (Lipinski definition) is 1. The van der Waals surface area contributed by atoms with Gasteiger partial charge in [0.25, 0.3) is 5.91 Å². The molecular formula is C24H27FN4OS. The summed E-state index contributed by atoms with van der Waals surface area (Å²) in [5.41, 5.74) is 4.85. The van der Waals surface area contributed by atoms with Gasteiger partial charge in [0, 0.05) is 44.0 Å². The fraction of sp³-hybridized carbons (Fsp3) is 0.333. The number of hydrogen-bond acceptors (Lipinski definition) is 5. The Balaban J connectivity index is 1.44. The molecule has 5 nitrogen and oxygen atoms in total. The molecule has 1 aromatic heterocycles. The van der Waals surface area contributed by atoms with Gasteiger partial charge in [-0.15, -0.1) is 11.3 Å². The highest BCUT2D eigenvalue weighted by atomic mass is 32.1. The van der Waals surface area contributed by atoms with Crippen molar-refractivity contribution < 1.29 is 9.18 Å². The van der Waals surface area contributed by atoms with Crippen LogP contribution >= 0.6 is 11.3 Å². The van der Waals surface area contributed by atoms with Gasteiger partial charge in [-0.05, 0) is 62.4 Å². The van der Waals surface area contributed by atoms with Crippen LogP contribution in [0.4, 0.5) is 15.8 Å². The maximum absolute atomic E-state index is 13.1. The number of carbonyl (C=O) groups is 1. The van der Waals surface area contributed by atoms with Crippen LogP contribution < -0.4 is 10.2 Å². The summed E-state index contributed by atoms with van der Waals surface area (Å²) in [5, 5.41) is 3.86. The minimum absolute atomic E-state index is 0.146. The van der Waals surface area contributed by atoms with Crippen LogP contribution in [0, 0.1) is 19.7 Å². The van der Waals surface area contributed by atoms with E-state index in [0.717, 1.165) is 48.0 Å². The lowest BCUT2D eigenvalue weighted by atomic mass is 10.1. The normalized spacial score (nSPS) is 14.6. The van der Waals surface area contributed by atoms with Crippen molar-refractivity contribution in [2.75, 3.05) is 43.4 Å². The van der Waals surface area contributed by atoms with Crippen molar-refractivity contribution in [3.8, 4) is 0 Å². The van der Waals surface area contributed by atoms with Gasteiger partial charge in [0.2, 0.25) is 0 Å². The van der Waals surface area contributed by atoms with E-state index in [2.05, 4.69) is 40.1 Å². The van der Waals surface area contributed by atoms with E-state index < -0.39 is 0 Å². The first-order valence-corrected chi connectivity index (χ1v) is 11.3. The van der Waals surface area contributed by atoms with Crippen LogP contribution in [-0.2, 0) is 6.42 Å². The molecule has 0 aliphatic carbocycles. The summed E-state index contributed by atoms with van der Waals surface area (Å²) >= 11 is 1.39. The lowest BCUT2D eigenvalue weighted by Gasteiger charge is -2.35. The van der Waals surface area contributed by atoms with Crippen molar-refractivity contribution >= 4 is 28.6 Å². The van der Waals surface area contributed by atoms with Gasteiger partial charge < -0.3 is 15.1 Å². The number of likely N-dealkylation sites (N-methyl/N-ethyl adjacent to an activating group) is 1. The first-order chi connectivity index (χ1) is 14.9. The Morgan fingerprint density at radius 3 is 2.48 bits per heavy atom. The van der Waals surface area contributed by atoms with Crippen LogP contribution in [0.2, 0.25) is 0 Å². The molecule has 1 aliphatic rings. The summed E-state index contributed by atoms with van der Waals surface area (Å²) in [6.45, 7) is 8.08. The van der Waals surface area contributed by atoms with Gasteiger partial charge in [-0.1, -0.05) is 12.1 Å². The molecule has 1 fully saturated rings. The standard InChI is InChI=1S/C24H27FN4OS/c1-16-14-20(8-9-21(16)29-12-10-28(3)11-13-29)27-24(30)23-17(2)26-22(31-23)15-18-4-6-19(25)7-5-18/h4-9,14H,10-13,15H2,1-3H3,(H,27,30). The Bertz CT molecular complexity index is 1070. The van der Waals surface area contributed by atoms with E-state index >= 15 is 0 Å². The van der Waals surface area contributed by atoms with Crippen molar-refractivity contribution in [1.29, 1.82) is 0 Å². The maximum Gasteiger partial charge on any atom is 0.267 e. The van der Waals surface area contributed by atoms with Crippen LogP contribution in [0.25, 0.3) is 0 Å². The number of aromatic nitrogens is 1. The zero-order chi connectivity index (χ0) is 22.0. The molecule has 1 amide bonds. The summed E-state index contributed by atoms with van der Waals surface area (Å²) < 4.78 is 13.1. The quantitative estimate of drug-likeness (QED) is 0.638. The zero-order valence-electron chi connectivity index (χ0n) is 18.1. The SMILES string of the molecule is Cc1cc(NC(=O)c2sc(Cc3ccc(F)cc3)nc2C)ccc1N1CCN(C)CC1. The lowest BCUT2D eigenvalue weighted by Crippen LogP contribution is -2.44. The molecule has 3 aromatic rings. The molecule has 2 aromatic carbocycles. The second-order valence-corrected chi connectivity index (χ2v) is 9.15. The summed E-state index contributed by atoms with van der Waals surface area (Å²) in [7, 11) is 2.15. The number of piperazine rings is 1. The van der Waals surface area contributed by atoms with Crippen molar-refractivity contribution in [2.24, 2.45) is 0 Å². The molecule has 0 spiro atoms. The molecule has 2 heterocycles. The van der Waals surface area contributed by atoms with Crippen molar-refractivity contribution in [3.05, 3.63) is 75.0 Å². The molecule has 0 atom stereocenters. The summed E-state index contributed by atoms with van der Waals surface area (Å²) in [5.74, 6) is -0.403. The minimum Gasteiger partial charge on any atom is -0.369 e. The molecule has 1 saturated heterocycles. The van der Waals surface area contributed by atoms with E-state index in [4.69, 9.17) is 0 Å². The first-order valence-electron chi connectivity index (χ1n) is 10.5. The van der Waals surface area contributed by atoms with E-state index in [0.29, 0.717) is 17.0 Å². The van der Waals surface area contributed by atoms with Gasteiger partial charge in [-0.25, -0.2) is 9.37 Å². The second-order valence-electron chi connectivity index (χ2n) is 8.07. The van der Waals surface area contributed by atoms with Crippen molar-refractivity contribution in [3.63, 3.8) is 0 Å². The Morgan fingerprint density at radius 1 is 1.10 bits per heavy atom. The third-order valence-electron chi connectivity index (χ3n) is 5.61. The molecule has 0 bridgehead atoms. The van der Waals surface area contributed by atoms with Crippen molar-refractivity contribution in [2.45, 2.75) is 20.3 Å². The Kier molecular flexibility index (Phi) is 6.34. The number of aryl methyl sites for hydroxylation is 2. The van der Waals surface area contributed by atoms with Gasteiger partial charge in [0.15, 0.2) is 0 Å². The van der Waals surface area contributed by atoms with E-state index in [9.17, 15) is 9.18 Å². The number of rotatable bonds is 5. The number of thiazole rings is 1. The lowest BCUT2D eigenvalue weighted by molar-refractivity contribution is 0.103. The van der Waals surface area contributed by atoms with Gasteiger partial charge >= 0.3 is 0 Å². The molecule has 1 aliphatic heterocycles. The fourth-order valence-electron chi connectivity index (χ4n) is 3.84. The van der Waals surface area contributed by atoms with Crippen LogP contribution in [0.5, 0.6) is 0 Å². The largest absolute Gasteiger partial charge is 0.369 e. The van der Waals surface area contributed by atoms with Crippen LogP contribution in [0.3, 0.4) is 0 Å². The predicted molar refractivity (Wildman–Crippen MR) is 125 cm³/mol. The van der Waals surface area contributed by atoms with Crippen LogP contribution in [0.1, 0.15) is 31.5 Å². The minimum atomic E-state index is -0.256.